The minimum Gasteiger partial charge on any atom is -0.443 e. The second kappa shape index (κ2) is 6.49. The first-order valence-corrected chi connectivity index (χ1v) is 4.73. The van der Waals surface area contributed by atoms with Gasteiger partial charge < -0.3 is 4.74 Å². The molecule has 0 N–H and O–H groups in total. The van der Waals surface area contributed by atoms with Crippen molar-refractivity contribution in [2.45, 2.75) is 6.61 Å². The van der Waals surface area contributed by atoms with Gasteiger partial charge in [0.1, 0.15) is 13.2 Å². The molecule has 1 aromatic rings. The van der Waals surface area contributed by atoms with Crippen LogP contribution in [0.4, 0.5) is 4.79 Å². The first kappa shape index (κ1) is 12.1. The molecule has 0 saturated carbocycles. The van der Waals surface area contributed by atoms with Crippen molar-refractivity contribution >= 4 is 6.09 Å². The van der Waals surface area contributed by atoms with E-state index in [2.05, 4.69) is 5.92 Å². The summed E-state index contributed by atoms with van der Waals surface area (Å²) in [5.41, 5.74) is 0.910. The molecule has 0 aliphatic heterocycles. The standard InChI is InChI=1S/C12H13NO3/c1-3-9-13(15-2)12(14)16-10-11-7-5-4-6-8-11/h1,4-8H,9-10H2,2H3. The Kier molecular flexibility index (Phi) is 4.90. The van der Waals surface area contributed by atoms with E-state index in [0.717, 1.165) is 10.6 Å². The first-order chi connectivity index (χ1) is 7.77. The second-order valence-corrected chi connectivity index (χ2v) is 2.96. The third-order valence-electron chi connectivity index (χ3n) is 1.86. The molecule has 0 bridgehead atoms. The van der Waals surface area contributed by atoms with Gasteiger partial charge in [-0.25, -0.2) is 4.79 Å². The van der Waals surface area contributed by atoms with Gasteiger partial charge in [-0.15, -0.1) is 6.42 Å². The van der Waals surface area contributed by atoms with Gasteiger partial charge in [0.05, 0.1) is 7.11 Å². The average molecular weight is 219 g/mol. The lowest BCUT2D eigenvalue weighted by Crippen LogP contribution is -2.30. The number of benzene rings is 1. The number of ether oxygens (including phenoxy) is 1. The fourth-order valence-electron chi connectivity index (χ4n) is 1.08. The van der Waals surface area contributed by atoms with Crippen LogP contribution in [0, 0.1) is 12.3 Å². The summed E-state index contributed by atoms with van der Waals surface area (Å²) in [4.78, 5) is 16.2. The van der Waals surface area contributed by atoms with E-state index in [-0.39, 0.29) is 13.2 Å². The summed E-state index contributed by atoms with van der Waals surface area (Å²) in [6.07, 6.45) is 4.48. The Morgan fingerprint density at radius 1 is 1.44 bits per heavy atom. The molecular formula is C12H13NO3. The Bertz CT molecular complexity index is 370. The number of amides is 1. The Morgan fingerprint density at radius 3 is 2.69 bits per heavy atom. The smallest absolute Gasteiger partial charge is 0.435 e. The topological polar surface area (TPSA) is 38.8 Å². The van der Waals surface area contributed by atoms with Crippen LogP contribution in [0.3, 0.4) is 0 Å². The maximum Gasteiger partial charge on any atom is 0.435 e. The number of carbonyl (C=O) groups excluding carboxylic acids is 1. The van der Waals surface area contributed by atoms with E-state index in [1.807, 2.05) is 30.3 Å². The van der Waals surface area contributed by atoms with Crippen molar-refractivity contribution < 1.29 is 14.4 Å². The van der Waals surface area contributed by atoms with E-state index >= 15 is 0 Å². The van der Waals surface area contributed by atoms with E-state index in [0.29, 0.717) is 0 Å². The molecule has 0 aliphatic carbocycles. The maximum atomic E-state index is 11.4. The van der Waals surface area contributed by atoms with Crippen LogP contribution >= 0.6 is 0 Å². The van der Waals surface area contributed by atoms with E-state index in [4.69, 9.17) is 16.0 Å². The normalized spacial score (nSPS) is 9.25. The van der Waals surface area contributed by atoms with Crippen molar-refractivity contribution in [2.24, 2.45) is 0 Å². The van der Waals surface area contributed by atoms with Crippen molar-refractivity contribution in [1.29, 1.82) is 0 Å². The van der Waals surface area contributed by atoms with Crippen molar-refractivity contribution in [3.63, 3.8) is 0 Å². The van der Waals surface area contributed by atoms with Crippen LogP contribution < -0.4 is 0 Å². The van der Waals surface area contributed by atoms with Crippen LogP contribution in [0.5, 0.6) is 0 Å². The summed E-state index contributed by atoms with van der Waals surface area (Å²) < 4.78 is 5.00. The number of terminal acetylenes is 1. The molecular weight excluding hydrogens is 206 g/mol. The lowest BCUT2D eigenvalue weighted by atomic mass is 10.2. The van der Waals surface area contributed by atoms with Crippen LogP contribution in [-0.4, -0.2) is 24.8 Å². The lowest BCUT2D eigenvalue weighted by molar-refractivity contribution is -0.102. The Labute approximate surface area is 94.7 Å². The van der Waals surface area contributed by atoms with Crippen molar-refractivity contribution in [1.82, 2.24) is 5.06 Å². The van der Waals surface area contributed by atoms with Gasteiger partial charge >= 0.3 is 6.09 Å². The molecule has 0 heterocycles. The Hall–Kier alpha value is -1.99. The highest BCUT2D eigenvalue weighted by molar-refractivity contribution is 5.66. The average Bonchev–Trinajstić information content (AvgIpc) is 2.34. The summed E-state index contributed by atoms with van der Waals surface area (Å²) >= 11 is 0. The SMILES string of the molecule is C#CCN(OC)C(=O)OCc1ccccc1. The molecule has 0 saturated heterocycles. The van der Waals surface area contributed by atoms with Gasteiger partial charge in [0, 0.05) is 0 Å². The molecule has 0 spiro atoms. The van der Waals surface area contributed by atoms with E-state index < -0.39 is 6.09 Å². The molecule has 0 fully saturated rings. The molecule has 0 unspecified atom stereocenters. The molecule has 16 heavy (non-hydrogen) atoms. The number of nitrogens with zero attached hydrogens (tertiary/aromatic N) is 1. The highest BCUT2D eigenvalue weighted by Crippen LogP contribution is 2.03. The largest absolute Gasteiger partial charge is 0.443 e. The van der Waals surface area contributed by atoms with Gasteiger partial charge in [0.25, 0.3) is 0 Å². The Morgan fingerprint density at radius 2 is 2.12 bits per heavy atom. The van der Waals surface area contributed by atoms with Gasteiger partial charge in [-0.05, 0) is 5.56 Å². The van der Waals surface area contributed by atoms with Crippen LogP contribution in [0.2, 0.25) is 0 Å². The van der Waals surface area contributed by atoms with E-state index in [1.165, 1.54) is 7.11 Å². The number of carbonyl (C=O) groups is 1. The number of hydroxylamine groups is 2. The molecule has 4 nitrogen and oxygen atoms in total. The molecule has 1 amide bonds. The zero-order valence-electron chi connectivity index (χ0n) is 9.05. The fraction of sp³-hybridized carbons (Fsp3) is 0.250. The highest BCUT2D eigenvalue weighted by Gasteiger charge is 2.12. The molecule has 1 aromatic carbocycles. The summed E-state index contributed by atoms with van der Waals surface area (Å²) in [7, 11) is 1.36. The van der Waals surface area contributed by atoms with Gasteiger partial charge in [-0.2, -0.15) is 5.06 Å². The van der Waals surface area contributed by atoms with Crippen LogP contribution in [0.1, 0.15) is 5.56 Å². The van der Waals surface area contributed by atoms with Crippen LogP contribution in [0.25, 0.3) is 0 Å². The van der Waals surface area contributed by atoms with Crippen LogP contribution in [-0.2, 0) is 16.2 Å². The first-order valence-electron chi connectivity index (χ1n) is 4.73. The van der Waals surface area contributed by atoms with Crippen molar-refractivity contribution in [2.75, 3.05) is 13.7 Å². The van der Waals surface area contributed by atoms with Crippen molar-refractivity contribution in [3.05, 3.63) is 35.9 Å². The predicted octanol–water partition coefficient (Wildman–Crippen LogP) is 1.82. The van der Waals surface area contributed by atoms with Crippen LogP contribution in [0.15, 0.2) is 30.3 Å². The predicted molar refractivity (Wildman–Crippen MR) is 59.2 cm³/mol. The number of rotatable bonds is 4. The summed E-state index contributed by atoms with van der Waals surface area (Å²) in [6.45, 7) is 0.258. The Balaban J connectivity index is 2.43. The minimum atomic E-state index is -0.593. The fourth-order valence-corrected chi connectivity index (χ4v) is 1.08. The molecule has 84 valence electrons. The lowest BCUT2D eigenvalue weighted by Gasteiger charge is -2.16. The second-order valence-electron chi connectivity index (χ2n) is 2.96. The molecule has 0 atom stereocenters. The van der Waals surface area contributed by atoms with E-state index in [9.17, 15) is 4.79 Å². The van der Waals surface area contributed by atoms with E-state index in [1.54, 1.807) is 0 Å². The zero-order valence-corrected chi connectivity index (χ0v) is 9.05. The summed E-state index contributed by atoms with van der Waals surface area (Å²) in [5.74, 6) is 2.30. The summed E-state index contributed by atoms with van der Waals surface area (Å²) in [6, 6.07) is 9.37. The minimum absolute atomic E-state index is 0.0596. The summed E-state index contributed by atoms with van der Waals surface area (Å²) in [5, 5.41) is 0.975. The van der Waals surface area contributed by atoms with Crippen molar-refractivity contribution in [3.8, 4) is 12.3 Å². The van der Waals surface area contributed by atoms with Gasteiger partial charge in [-0.1, -0.05) is 36.3 Å². The quantitative estimate of drug-likeness (QED) is 0.572. The molecule has 4 heteroatoms. The molecule has 0 aromatic heterocycles. The molecule has 0 radical (unpaired) electrons. The van der Waals surface area contributed by atoms with Gasteiger partial charge in [0.2, 0.25) is 0 Å². The third kappa shape index (κ3) is 3.64. The number of hydrogen-bond acceptors (Lipinski definition) is 3. The molecule has 0 aliphatic rings. The maximum absolute atomic E-state index is 11.4. The molecule has 1 rings (SSSR count). The highest BCUT2D eigenvalue weighted by atomic mass is 16.7. The van der Waals surface area contributed by atoms with Gasteiger partial charge in [-0.3, -0.25) is 4.84 Å². The van der Waals surface area contributed by atoms with Gasteiger partial charge in [0.15, 0.2) is 0 Å². The third-order valence-corrected chi connectivity index (χ3v) is 1.86. The monoisotopic (exact) mass is 219 g/mol. The zero-order chi connectivity index (χ0) is 11.8. The number of hydrogen-bond donors (Lipinski definition) is 0.